The van der Waals surface area contributed by atoms with Crippen LogP contribution in [-0.2, 0) is 4.79 Å². The molecule has 0 saturated heterocycles. The molecular formula is C7H13NO2. The summed E-state index contributed by atoms with van der Waals surface area (Å²) in [6.45, 7) is 0.651. The normalized spacial score (nSPS) is 31.3. The molecule has 58 valence electrons. The minimum absolute atomic E-state index is 0.307. The fourth-order valence-electron chi connectivity index (χ4n) is 1.44. The fraction of sp³-hybridized carbons (Fsp3) is 0.857. The lowest BCUT2D eigenvalue weighted by Crippen LogP contribution is -2.33. The van der Waals surface area contributed by atoms with Crippen LogP contribution in [0.4, 0.5) is 0 Å². The molecule has 10 heavy (non-hydrogen) atoms. The molecule has 3 N–H and O–H groups in total. The van der Waals surface area contributed by atoms with Crippen LogP contribution in [0.1, 0.15) is 19.3 Å². The zero-order valence-corrected chi connectivity index (χ0v) is 5.92. The quantitative estimate of drug-likeness (QED) is 0.602. The monoisotopic (exact) mass is 143 g/mol. The highest BCUT2D eigenvalue weighted by Crippen LogP contribution is 2.35. The molecule has 0 unspecified atom stereocenters. The van der Waals surface area contributed by atoms with Crippen LogP contribution in [0, 0.1) is 11.8 Å². The van der Waals surface area contributed by atoms with E-state index in [9.17, 15) is 4.79 Å². The van der Waals surface area contributed by atoms with Gasteiger partial charge in [0.1, 0.15) is 0 Å². The van der Waals surface area contributed by atoms with Gasteiger partial charge in [-0.05, 0) is 31.2 Å². The summed E-state index contributed by atoms with van der Waals surface area (Å²) in [6, 6.07) is 0. The molecule has 0 bridgehead atoms. The summed E-state index contributed by atoms with van der Waals surface area (Å²) in [6.07, 6.45) is 2.48. The Morgan fingerprint density at radius 2 is 2.10 bits per heavy atom. The van der Waals surface area contributed by atoms with Crippen molar-refractivity contribution < 1.29 is 9.90 Å². The summed E-state index contributed by atoms with van der Waals surface area (Å²) in [5.74, 6) is 0.154. The molecule has 0 aliphatic heterocycles. The topological polar surface area (TPSA) is 63.3 Å². The van der Waals surface area contributed by atoms with Crippen LogP contribution in [0.5, 0.6) is 0 Å². The second-order valence-corrected chi connectivity index (χ2v) is 2.93. The smallest absolute Gasteiger partial charge is 0.303 e. The van der Waals surface area contributed by atoms with Crippen LogP contribution in [-0.4, -0.2) is 17.6 Å². The number of nitrogens with two attached hydrogens (primary N) is 1. The van der Waals surface area contributed by atoms with E-state index < -0.39 is 5.97 Å². The van der Waals surface area contributed by atoms with Gasteiger partial charge in [-0.15, -0.1) is 0 Å². The lowest BCUT2D eigenvalue weighted by atomic mass is 9.72. The molecule has 1 aliphatic rings. The Balaban J connectivity index is 2.23. The third-order valence-electron chi connectivity index (χ3n) is 2.31. The molecule has 0 radical (unpaired) electrons. The van der Waals surface area contributed by atoms with E-state index in [1.165, 1.54) is 0 Å². The first-order valence-electron chi connectivity index (χ1n) is 3.66. The van der Waals surface area contributed by atoms with E-state index in [0.29, 0.717) is 24.8 Å². The van der Waals surface area contributed by atoms with Crippen LogP contribution in [0.3, 0.4) is 0 Å². The predicted molar refractivity (Wildman–Crippen MR) is 37.5 cm³/mol. The zero-order chi connectivity index (χ0) is 7.56. The average molecular weight is 143 g/mol. The summed E-state index contributed by atoms with van der Waals surface area (Å²) >= 11 is 0. The van der Waals surface area contributed by atoms with E-state index in [-0.39, 0.29) is 0 Å². The highest BCUT2D eigenvalue weighted by Gasteiger charge is 2.30. The molecular weight excluding hydrogens is 130 g/mol. The first-order chi connectivity index (χ1) is 4.74. The first-order valence-corrected chi connectivity index (χ1v) is 3.66. The van der Waals surface area contributed by atoms with Gasteiger partial charge in [0.2, 0.25) is 0 Å². The molecule has 3 nitrogen and oxygen atoms in total. The van der Waals surface area contributed by atoms with Crippen LogP contribution in [0.15, 0.2) is 0 Å². The third kappa shape index (κ3) is 1.48. The van der Waals surface area contributed by atoms with Gasteiger partial charge in [-0.2, -0.15) is 0 Å². The zero-order valence-electron chi connectivity index (χ0n) is 5.92. The van der Waals surface area contributed by atoms with Crippen molar-refractivity contribution in [2.24, 2.45) is 17.6 Å². The summed E-state index contributed by atoms with van der Waals surface area (Å²) in [5, 5.41) is 8.42. The van der Waals surface area contributed by atoms with Gasteiger partial charge in [0.25, 0.3) is 0 Å². The van der Waals surface area contributed by atoms with E-state index >= 15 is 0 Å². The van der Waals surface area contributed by atoms with Gasteiger partial charge in [0.15, 0.2) is 0 Å². The maximum atomic E-state index is 10.2. The minimum atomic E-state index is -0.692. The van der Waals surface area contributed by atoms with E-state index in [0.717, 1.165) is 12.8 Å². The second kappa shape index (κ2) is 3.01. The van der Waals surface area contributed by atoms with Gasteiger partial charge >= 0.3 is 5.97 Å². The largest absolute Gasteiger partial charge is 0.481 e. The summed E-state index contributed by atoms with van der Waals surface area (Å²) in [7, 11) is 0. The lowest BCUT2D eigenvalue weighted by molar-refractivity contribution is -0.139. The Morgan fingerprint density at radius 1 is 1.50 bits per heavy atom. The Labute approximate surface area is 60.2 Å². The molecule has 0 heterocycles. The molecule has 1 aliphatic carbocycles. The molecule has 0 spiro atoms. The van der Waals surface area contributed by atoms with Gasteiger partial charge in [-0.1, -0.05) is 0 Å². The Morgan fingerprint density at radius 3 is 2.40 bits per heavy atom. The maximum absolute atomic E-state index is 10.2. The highest BCUT2D eigenvalue weighted by molar-refractivity contribution is 5.67. The van der Waals surface area contributed by atoms with E-state index in [4.69, 9.17) is 10.8 Å². The van der Waals surface area contributed by atoms with Gasteiger partial charge in [0.05, 0.1) is 0 Å². The van der Waals surface area contributed by atoms with E-state index in [1.54, 1.807) is 0 Å². The number of aliphatic carboxylic acids is 1. The molecule has 1 rings (SSSR count). The second-order valence-electron chi connectivity index (χ2n) is 2.93. The molecule has 1 fully saturated rings. The van der Waals surface area contributed by atoms with Gasteiger partial charge < -0.3 is 10.8 Å². The minimum Gasteiger partial charge on any atom is -0.481 e. The first kappa shape index (κ1) is 7.54. The standard InChI is InChI=1S/C7H13NO2/c8-4-6-2-1-5(6)3-7(9)10/h5-6H,1-4,8H2,(H,9,10)/t5-,6+/m0/s1. The van der Waals surface area contributed by atoms with Crippen molar-refractivity contribution in [1.82, 2.24) is 0 Å². The van der Waals surface area contributed by atoms with Gasteiger partial charge in [-0.25, -0.2) is 0 Å². The van der Waals surface area contributed by atoms with Crippen LogP contribution < -0.4 is 5.73 Å². The number of carbonyl (C=O) groups is 1. The van der Waals surface area contributed by atoms with Crippen molar-refractivity contribution in [1.29, 1.82) is 0 Å². The van der Waals surface area contributed by atoms with Crippen molar-refractivity contribution in [3.63, 3.8) is 0 Å². The Bertz CT molecular complexity index is 134. The Kier molecular flexibility index (Phi) is 2.27. The van der Waals surface area contributed by atoms with E-state index in [2.05, 4.69) is 0 Å². The van der Waals surface area contributed by atoms with Crippen LogP contribution >= 0.6 is 0 Å². The number of hydrogen-bond acceptors (Lipinski definition) is 2. The Hall–Kier alpha value is -0.570. The lowest BCUT2D eigenvalue weighted by Gasteiger charge is -2.34. The maximum Gasteiger partial charge on any atom is 0.303 e. The molecule has 1 saturated carbocycles. The SMILES string of the molecule is NC[C@H]1CC[C@H]1CC(=O)O. The number of carboxylic acid groups (broad SMARTS) is 1. The summed E-state index contributed by atoms with van der Waals surface area (Å²) < 4.78 is 0. The van der Waals surface area contributed by atoms with Crippen LogP contribution in [0.2, 0.25) is 0 Å². The predicted octanol–water partition coefficient (Wildman–Crippen LogP) is 0.446. The van der Waals surface area contributed by atoms with Crippen molar-refractivity contribution in [2.75, 3.05) is 6.54 Å². The van der Waals surface area contributed by atoms with Crippen molar-refractivity contribution in [3.8, 4) is 0 Å². The van der Waals surface area contributed by atoms with Crippen molar-refractivity contribution in [2.45, 2.75) is 19.3 Å². The third-order valence-corrected chi connectivity index (χ3v) is 2.31. The molecule has 0 amide bonds. The molecule has 3 heteroatoms. The number of carboxylic acids is 1. The molecule has 0 aromatic heterocycles. The van der Waals surface area contributed by atoms with Crippen molar-refractivity contribution in [3.05, 3.63) is 0 Å². The summed E-state index contributed by atoms with van der Waals surface area (Å²) in [5.41, 5.74) is 5.41. The number of rotatable bonds is 3. The molecule has 2 atom stereocenters. The number of hydrogen-bond donors (Lipinski definition) is 2. The fourth-order valence-corrected chi connectivity index (χ4v) is 1.44. The van der Waals surface area contributed by atoms with Gasteiger partial charge in [0, 0.05) is 6.42 Å². The van der Waals surface area contributed by atoms with Crippen LogP contribution in [0.25, 0.3) is 0 Å². The molecule has 0 aromatic carbocycles. The van der Waals surface area contributed by atoms with E-state index in [1.807, 2.05) is 0 Å². The van der Waals surface area contributed by atoms with Gasteiger partial charge in [-0.3, -0.25) is 4.79 Å². The highest BCUT2D eigenvalue weighted by atomic mass is 16.4. The average Bonchev–Trinajstić information content (AvgIpc) is 1.82. The van der Waals surface area contributed by atoms with Crippen molar-refractivity contribution >= 4 is 5.97 Å². The molecule has 0 aromatic rings. The summed E-state index contributed by atoms with van der Waals surface area (Å²) in [4.78, 5) is 10.2.